The Kier molecular flexibility index (Phi) is 4.80. The van der Waals surface area contributed by atoms with Crippen molar-refractivity contribution in [3.05, 3.63) is 24.2 Å². The lowest BCUT2D eigenvalue weighted by molar-refractivity contribution is 0.164. The van der Waals surface area contributed by atoms with Gasteiger partial charge in [-0.25, -0.2) is 0 Å². The summed E-state index contributed by atoms with van der Waals surface area (Å²) >= 11 is 0. The van der Waals surface area contributed by atoms with Crippen LogP contribution in [0.2, 0.25) is 0 Å². The van der Waals surface area contributed by atoms with E-state index in [0.29, 0.717) is 12.1 Å². The summed E-state index contributed by atoms with van der Waals surface area (Å²) < 4.78 is 5.48. The maximum Gasteiger partial charge on any atom is 0.117 e. The van der Waals surface area contributed by atoms with Crippen molar-refractivity contribution in [3.8, 4) is 0 Å². The van der Waals surface area contributed by atoms with E-state index in [1.54, 1.807) is 6.26 Å². The van der Waals surface area contributed by atoms with Gasteiger partial charge < -0.3 is 14.6 Å². The molecule has 1 aliphatic heterocycles. The number of likely N-dealkylation sites (N-methyl/N-ethyl adjacent to an activating group) is 2. The van der Waals surface area contributed by atoms with Gasteiger partial charge in [-0.3, -0.25) is 4.90 Å². The minimum absolute atomic E-state index is 0.551. The minimum Gasteiger partial charge on any atom is -0.468 e. The molecule has 2 heterocycles. The molecule has 4 heteroatoms. The second kappa shape index (κ2) is 6.36. The summed E-state index contributed by atoms with van der Waals surface area (Å²) in [5, 5.41) is 3.31. The summed E-state index contributed by atoms with van der Waals surface area (Å²) in [5.74, 6) is 1.06. The lowest BCUT2D eigenvalue weighted by Crippen LogP contribution is -2.45. The molecule has 0 bridgehead atoms. The van der Waals surface area contributed by atoms with Crippen molar-refractivity contribution in [1.82, 2.24) is 15.1 Å². The van der Waals surface area contributed by atoms with Gasteiger partial charge in [-0.2, -0.15) is 0 Å². The number of hydrogen-bond donors (Lipinski definition) is 1. The predicted molar refractivity (Wildman–Crippen MR) is 73.5 cm³/mol. The Labute approximate surface area is 110 Å². The molecule has 4 nitrogen and oxygen atoms in total. The molecule has 0 aromatic carbocycles. The maximum absolute atomic E-state index is 5.48. The molecule has 2 rings (SSSR count). The topological polar surface area (TPSA) is 31.6 Å². The van der Waals surface area contributed by atoms with Crippen LogP contribution in [-0.4, -0.2) is 55.6 Å². The molecule has 0 saturated carbocycles. The first-order valence-corrected chi connectivity index (χ1v) is 6.82. The highest BCUT2D eigenvalue weighted by atomic mass is 16.3. The van der Waals surface area contributed by atoms with Gasteiger partial charge in [-0.15, -0.1) is 0 Å². The van der Waals surface area contributed by atoms with Crippen LogP contribution in [0.4, 0.5) is 0 Å². The fourth-order valence-corrected chi connectivity index (χ4v) is 2.62. The van der Waals surface area contributed by atoms with Gasteiger partial charge in [0, 0.05) is 31.7 Å². The molecule has 0 aliphatic carbocycles. The molecule has 0 radical (unpaired) electrons. The monoisotopic (exact) mass is 251 g/mol. The molecule has 1 N–H and O–H groups in total. The third-order valence-electron chi connectivity index (χ3n) is 3.98. The summed E-state index contributed by atoms with van der Waals surface area (Å²) in [4.78, 5) is 5.00. The molecule has 1 fully saturated rings. The second-order valence-electron chi connectivity index (χ2n) is 5.34. The van der Waals surface area contributed by atoms with Gasteiger partial charge >= 0.3 is 0 Å². The molecule has 102 valence electrons. The van der Waals surface area contributed by atoms with Gasteiger partial charge in [0.05, 0.1) is 12.8 Å². The first kappa shape index (κ1) is 13.6. The van der Waals surface area contributed by atoms with Crippen molar-refractivity contribution in [1.29, 1.82) is 0 Å². The van der Waals surface area contributed by atoms with E-state index in [4.69, 9.17) is 4.42 Å². The van der Waals surface area contributed by atoms with Gasteiger partial charge in [0.15, 0.2) is 0 Å². The van der Waals surface area contributed by atoms with Crippen LogP contribution >= 0.6 is 0 Å². The zero-order chi connectivity index (χ0) is 13.0. The smallest absolute Gasteiger partial charge is 0.117 e. The Morgan fingerprint density at radius 1 is 1.50 bits per heavy atom. The highest BCUT2D eigenvalue weighted by Gasteiger charge is 2.26. The Morgan fingerprint density at radius 2 is 2.33 bits per heavy atom. The van der Waals surface area contributed by atoms with Crippen LogP contribution in [0, 0.1) is 0 Å². The normalized spacial score (nSPS) is 27.3. The van der Waals surface area contributed by atoms with Gasteiger partial charge in [0.25, 0.3) is 0 Å². The molecule has 2 unspecified atom stereocenters. The van der Waals surface area contributed by atoms with Crippen molar-refractivity contribution in [2.75, 3.05) is 33.7 Å². The quantitative estimate of drug-likeness (QED) is 0.876. The lowest BCUT2D eigenvalue weighted by atomic mass is 10.2. The third-order valence-corrected chi connectivity index (χ3v) is 3.98. The molecule has 2 atom stereocenters. The molecular weight excluding hydrogens is 226 g/mol. The average molecular weight is 251 g/mol. The van der Waals surface area contributed by atoms with Gasteiger partial charge in [0.1, 0.15) is 5.76 Å². The number of hydrogen-bond acceptors (Lipinski definition) is 4. The Balaban J connectivity index is 2.04. The van der Waals surface area contributed by atoms with Crippen LogP contribution in [0.5, 0.6) is 0 Å². The lowest BCUT2D eigenvalue weighted by Gasteiger charge is -2.30. The van der Waals surface area contributed by atoms with E-state index < -0.39 is 0 Å². The largest absolute Gasteiger partial charge is 0.468 e. The summed E-state index contributed by atoms with van der Waals surface area (Å²) in [6, 6.07) is 5.24. The minimum atomic E-state index is 0.551. The Morgan fingerprint density at radius 3 is 3.00 bits per heavy atom. The van der Waals surface area contributed by atoms with Crippen LogP contribution in [-0.2, 0) is 6.54 Å². The van der Waals surface area contributed by atoms with E-state index in [0.717, 1.165) is 31.9 Å². The first-order valence-electron chi connectivity index (χ1n) is 6.82. The van der Waals surface area contributed by atoms with Crippen LogP contribution in [0.25, 0.3) is 0 Å². The van der Waals surface area contributed by atoms with E-state index in [1.165, 1.54) is 6.42 Å². The van der Waals surface area contributed by atoms with Crippen LogP contribution in [0.3, 0.4) is 0 Å². The molecule has 18 heavy (non-hydrogen) atoms. The number of nitrogens with one attached hydrogen (secondary N) is 1. The van der Waals surface area contributed by atoms with Crippen molar-refractivity contribution in [2.45, 2.75) is 32.0 Å². The Bertz CT molecular complexity index is 339. The Hall–Kier alpha value is -0.840. The van der Waals surface area contributed by atoms with Crippen LogP contribution in [0.15, 0.2) is 22.8 Å². The predicted octanol–water partition coefficient (Wildman–Crippen LogP) is 1.39. The fraction of sp³-hybridized carbons (Fsp3) is 0.714. The molecule has 1 aromatic heterocycles. The van der Waals surface area contributed by atoms with Crippen LogP contribution in [0.1, 0.15) is 19.1 Å². The van der Waals surface area contributed by atoms with E-state index >= 15 is 0 Å². The number of rotatable bonds is 4. The second-order valence-corrected chi connectivity index (χ2v) is 5.34. The zero-order valence-electron chi connectivity index (χ0n) is 11.7. The summed E-state index contributed by atoms with van der Waals surface area (Å²) in [7, 11) is 4.25. The van der Waals surface area contributed by atoms with Crippen LogP contribution < -0.4 is 5.32 Å². The van der Waals surface area contributed by atoms with Crippen molar-refractivity contribution < 1.29 is 4.42 Å². The highest BCUT2D eigenvalue weighted by molar-refractivity contribution is 4.99. The molecule has 1 saturated heterocycles. The van der Waals surface area contributed by atoms with Crippen molar-refractivity contribution >= 4 is 0 Å². The third kappa shape index (κ3) is 3.34. The highest BCUT2D eigenvalue weighted by Crippen LogP contribution is 2.16. The molecule has 0 amide bonds. The van der Waals surface area contributed by atoms with Gasteiger partial charge in [0.2, 0.25) is 0 Å². The fourth-order valence-electron chi connectivity index (χ4n) is 2.62. The molecule has 1 aromatic rings. The van der Waals surface area contributed by atoms with Gasteiger partial charge in [-0.05, 0) is 39.6 Å². The van der Waals surface area contributed by atoms with Gasteiger partial charge in [-0.1, -0.05) is 0 Å². The number of nitrogens with zero attached hydrogens (tertiary/aromatic N) is 2. The van der Waals surface area contributed by atoms with E-state index in [-0.39, 0.29) is 0 Å². The van der Waals surface area contributed by atoms with E-state index in [2.05, 4.69) is 35.2 Å². The molecule has 1 aliphatic rings. The SMILES string of the molecule is CNCC1CN(C)C(C)CCN1Cc1ccco1. The summed E-state index contributed by atoms with van der Waals surface area (Å²) in [6.07, 6.45) is 2.98. The van der Waals surface area contributed by atoms with Crippen molar-refractivity contribution in [3.63, 3.8) is 0 Å². The standard InChI is InChI=1S/C14H25N3O/c1-12-6-7-17(11-14-5-4-8-18-14)13(9-15-2)10-16(12)3/h4-5,8,12-13,15H,6-7,9-11H2,1-3H3. The van der Waals surface area contributed by atoms with Crippen molar-refractivity contribution in [2.24, 2.45) is 0 Å². The van der Waals surface area contributed by atoms with E-state index in [9.17, 15) is 0 Å². The molecular formula is C14H25N3O. The summed E-state index contributed by atoms with van der Waals surface area (Å²) in [6.45, 7) is 6.51. The first-order chi connectivity index (χ1) is 8.70. The van der Waals surface area contributed by atoms with E-state index in [1.807, 2.05) is 13.1 Å². The molecule has 0 spiro atoms. The zero-order valence-corrected chi connectivity index (χ0v) is 11.7. The number of furan rings is 1. The summed E-state index contributed by atoms with van der Waals surface area (Å²) in [5.41, 5.74) is 0. The maximum atomic E-state index is 5.48. The average Bonchev–Trinajstić information content (AvgIpc) is 2.81.